The number of thioether (sulfide) groups is 1. The van der Waals surface area contributed by atoms with Gasteiger partial charge in [0.25, 0.3) is 5.91 Å². The summed E-state index contributed by atoms with van der Waals surface area (Å²) in [5, 5.41) is 0. The van der Waals surface area contributed by atoms with Crippen LogP contribution < -0.4 is 9.47 Å². The van der Waals surface area contributed by atoms with Crippen LogP contribution in [0.2, 0.25) is 0 Å². The average Bonchev–Trinajstić information content (AvgIpc) is 2.85. The van der Waals surface area contributed by atoms with Crippen LogP contribution in [0.5, 0.6) is 11.5 Å². The van der Waals surface area contributed by atoms with Crippen molar-refractivity contribution in [3.8, 4) is 11.5 Å². The van der Waals surface area contributed by atoms with E-state index in [-0.39, 0.29) is 5.91 Å². The zero-order valence-corrected chi connectivity index (χ0v) is 16.8. The van der Waals surface area contributed by atoms with E-state index in [2.05, 4.69) is 4.90 Å². The number of hydrogen-bond donors (Lipinski definition) is 0. The number of rotatable bonds is 5. The molecule has 0 radical (unpaired) electrons. The summed E-state index contributed by atoms with van der Waals surface area (Å²) in [5.41, 5.74) is 0.887. The third-order valence-corrected chi connectivity index (χ3v) is 6.00. The second kappa shape index (κ2) is 8.88. The van der Waals surface area contributed by atoms with Gasteiger partial charge in [0.15, 0.2) is 11.5 Å². The van der Waals surface area contributed by atoms with E-state index in [0.717, 1.165) is 18.7 Å². The molecule has 1 aromatic rings. The molecule has 2 saturated heterocycles. The zero-order chi connectivity index (χ0) is 18.5. The maximum Gasteiger partial charge on any atom is 0.267 e. The third kappa shape index (κ3) is 4.39. The number of carbonyl (C=O) groups is 1. The lowest BCUT2D eigenvalue weighted by Crippen LogP contribution is -2.40. The molecule has 2 heterocycles. The zero-order valence-electron chi connectivity index (χ0n) is 15.2. The standard InChI is InChI=1S/C19H24N2O3S2/c1-23-15-8-7-14(11-16(15)24-2)12-17-18(22)21(19(25)26-17)13-20-9-5-3-4-6-10-20/h7-8,11-12H,3-6,9-10,13H2,1-2H3. The summed E-state index contributed by atoms with van der Waals surface area (Å²) in [6.45, 7) is 2.66. The molecule has 2 aliphatic rings. The van der Waals surface area contributed by atoms with E-state index in [0.29, 0.717) is 27.4 Å². The highest BCUT2D eigenvalue weighted by molar-refractivity contribution is 8.26. The van der Waals surface area contributed by atoms with Gasteiger partial charge in [-0.05, 0) is 49.7 Å². The van der Waals surface area contributed by atoms with Gasteiger partial charge in [-0.25, -0.2) is 0 Å². The lowest BCUT2D eigenvalue weighted by Gasteiger charge is -2.25. The Kier molecular flexibility index (Phi) is 6.56. The van der Waals surface area contributed by atoms with Crippen molar-refractivity contribution < 1.29 is 14.3 Å². The molecule has 140 valence electrons. The SMILES string of the molecule is COc1ccc(C=C2SC(=S)N(CN3CCCCCC3)C2=O)cc1OC. The number of benzene rings is 1. The number of nitrogens with zero attached hydrogens (tertiary/aromatic N) is 2. The summed E-state index contributed by atoms with van der Waals surface area (Å²) >= 11 is 6.82. The molecule has 2 aliphatic heterocycles. The Morgan fingerprint density at radius 2 is 1.81 bits per heavy atom. The van der Waals surface area contributed by atoms with Crippen molar-refractivity contribution in [3.63, 3.8) is 0 Å². The minimum atomic E-state index is -0.0148. The Bertz CT molecular complexity index is 713. The summed E-state index contributed by atoms with van der Waals surface area (Å²) < 4.78 is 11.2. The second-order valence-corrected chi connectivity index (χ2v) is 8.07. The van der Waals surface area contributed by atoms with Crippen molar-refractivity contribution >= 4 is 40.3 Å². The molecule has 3 rings (SSSR count). The highest BCUT2D eigenvalue weighted by Crippen LogP contribution is 2.34. The topological polar surface area (TPSA) is 42.0 Å². The molecule has 1 amide bonds. The molecule has 0 atom stereocenters. The molecule has 2 fully saturated rings. The summed E-state index contributed by atoms with van der Waals surface area (Å²) in [6, 6.07) is 5.60. The van der Waals surface area contributed by atoms with E-state index < -0.39 is 0 Å². The molecule has 5 nitrogen and oxygen atoms in total. The van der Waals surface area contributed by atoms with Crippen LogP contribution in [0.1, 0.15) is 31.2 Å². The van der Waals surface area contributed by atoms with Crippen LogP contribution in [0.4, 0.5) is 0 Å². The summed E-state index contributed by atoms with van der Waals surface area (Å²) in [4.78, 5) is 17.5. The Labute approximate surface area is 164 Å². The smallest absolute Gasteiger partial charge is 0.267 e. The van der Waals surface area contributed by atoms with E-state index in [1.54, 1.807) is 19.1 Å². The van der Waals surface area contributed by atoms with Gasteiger partial charge >= 0.3 is 0 Å². The van der Waals surface area contributed by atoms with Crippen molar-refractivity contribution in [2.24, 2.45) is 0 Å². The molecule has 0 bridgehead atoms. The molecule has 0 spiro atoms. The highest BCUT2D eigenvalue weighted by atomic mass is 32.2. The minimum absolute atomic E-state index is 0.0148. The first kappa shape index (κ1) is 19.2. The van der Waals surface area contributed by atoms with Crippen molar-refractivity contribution in [1.82, 2.24) is 9.80 Å². The maximum atomic E-state index is 12.8. The van der Waals surface area contributed by atoms with Crippen molar-refractivity contribution in [1.29, 1.82) is 0 Å². The van der Waals surface area contributed by atoms with Crippen LogP contribution >= 0.6 is 24.0 Å². The predicted octanol–water partition coefficient (Wildman–Crippen LogP) is 3.74. The fraction of sp³-hybridized carbons (Fsp3) is 0.474. The van der Waals surface area contributed by atoms with Crippen LogP contribution in [0, 0.1) is 0 Å². The number of thiocarbonyl (C=S) groups is 1. The van der Waals surface area contributed by atoms with Gasteiger partial charge in [0.1, 0.15) is 4.32 Å². The van der Waals surface area contributed by atoms with Gasteiger partial charge in [0, 0.05) is 0 Å². The van der Waals surface area contributed by atoms with E-state index in [9.17, 15) is 4.79 Å². The molecule has 0 unspecified atom stereocenters. The number of hydrogen-bond acceptors (Lipinski definition) is 6. The summed E-state index contributed by atoms with van der Waals surface area (Å²) in [7, 11) is 3.20. The third-order valence-electron chi connectivity index (χ3n) is 4.62. The highest BCUT2D eigenvalue weighted by Gasteiger charge is 2.33. The lowest BCUT2D eigenvalue weighted by molar-refractivity contribution is -0.123. The Hall–Kier alpha value is -1.57. The second-order valence-electron chi connectivity index (χ2n) is 6.40. The molecule has 0 aromatic heterocycles. The largest absolute Gasteiger partial charge is 0.493 e. The number of ether oxygens (including phenoxy) is 2. The number of amides is 1. The molecule has 0 N–H and O–H groups in total. The number of methoxy groups -OCH3 is 2. The summed E-state index contributed by atoms with van der Waals surface area (Å²) in [5.74, 6) is 1.29. The lowest BCUT2D eigenvalue weighted by atomic mass is 10.2. The van der Waals surface area contributed by atoms with Crippen LogP contribution in [0.15, 0.2) is 23.1 Å². The quantitative estimate of drug-likeness (QED) is 0.562. The maximum absolute atomic E-state index is 12.8. The van der Waals surface area contributed by atoms with Crippen molar-refractivity contribution in [3.05, 3.63) is 28.7 Å². The molecule has 26 heavy (non-hydrogen) atoms. The van der Waals surface area contributed by atoms with Gasteiger partial charge in [-0.1, -0.05) is 42.9 Å². The van der Waals surface area contributed by atoms with E-state index in [4.69, 9.17) is 21.7 Å². The van der Waals surface area contributed by atoms with Crippen LogP contribution in [-0.2, 0) is 4.79 Å². The number of carbonyl (C=O) groups excluding carboxylic acids is 1. The fourth-order valence-electron chi connectivity index (χ4n) is 3.19. The first-order chi connectivity index (χ1) is 12.6. The summed E-state index contributed by atoms with van der Waals surface area (Å²) in [6.07, 6.45) is 6.79. The van der Waals surface area contributed by atoms with Crippen LogP contribution in [-0.4, -0.2) is 54.0 Å². The molecular weight excluding hydrogens is 368 g/mol. The predicted molar refractivity (Wildman–Crippen MR) is 109 cm³/mol. The van der Waals surface area contributed by atoms with Crippen LogP contribution in [0.3, 0.4) is 0 Å². The Balaban J connectivity index is 1.74. The average molecular weight is 393 g/mol. The fourth-order valence-corrected chi connectivity index (χ4v) is 4.43. The minimum Gasteiger partial charge on any atom is -0.493 e. The van der Waals surface area contributed by atoms with Gasteiger partial charge in [-0.2, -0.15) is 0 Å². The van der Waals surface area contributed by atoms with Gasteiger partial charge < -0.3 is 9.47 Å². The molecule has 7 heteroatoms. The number of likely N-dealkylation sites (tertiary alicyclic amines) is 1. The van der Waals surface area contributed by atoms with E-state index >= 15 is 0 Å². The van der Waals surface area contributed by atoms with Crippen molar-refractivity contribution in [2.45, 2.75) is 25.7 Å². The molecule has 0 saturated carbocycles. The Morgan fingerprint density at radius 3 is 2.46 bits per heavy atom. The normalized spacial score (nSPS) is 20.5. The first-order valence-corrected chi connectivity index (χ1v) is 10.0. The van der Waals surface area contributed by atoms with Gasteiger partial charge in [0.05, 0.1) is 25.8 Å². The Morgan fingerprint density at radius 1 is 1.12 bits per heavy atom. The van der Waals surface area contributed by atoms with Gasteiger partial charge in [-0.15, -0.1) is 0 Å². The van der Waals surface area contributed by atoms with Crippen LogP contribution in [0.25, 0.3) is 6.08 Å². The van der Waals surface area contributed by atoms with Crippen molar-refractivity contribution in [2.75, 3.05) is 34.0 Å². The molecular formula is C19H24N2O3S2. The monoisotopic (exact) mass is 392 g/mol. The molecule has 0 aliphatic carbocycles. The van der Waals surface area contributed by atoms with E-state index in [1.807, 2.05) is 24.3 Å². The van der Waals surface area contributed by atoms with E-state index in [1.165, 1.54) is 37.4 Å². The molecule has 1 aromatic carbocycles. The first-order valence-electron chi connectivity index (χ1n) is 8.82. The van der Waals surface area contributed by atoms with Gasteiger partial charge in [0.2, 0.25) is 0 Å². The van der Waals surface area contributed by atoms with Gasteiger partial charge in [-0.3, -0.25) is 14.6 Å².